The lowest BCUT2D eigenvalue weighted by molar-refractivity contribution is 0.0970. The number of nitrogens with two attached hydrogens (primary N) is 1. The molecule has 5 heteroatoms. The summed E-state index contributed by atoms with van der Waals surface area (Å²) in [5.74, 6) is -0.0234. The molecule has 0 saturated carbocycles. The number of rotatable bonds is 3. The SMILES string of the molecule is CC(C)[C@H](O)[C@H](N)c1cccc(Cl)c1O.Cl. The summed E-state index contributed by atoms with van der Waals surface area (Å²) in [6.07, 6.45) is -0.700. The number of aromatic hydroxyl groups is 1. The third-order valence-corrected chi connectivity index (χ3v) is 2.73. The lowest BCUT2D eigenvalue weighted by Crippen LogP contribution is -2.30. The predicted octanol–water partition coefficient (Wildman–Crippen LogP) is 2.48. The molecule has 0 aromatic heterocycles. The Balaban J connectivity index is 0.00000225. The quantitative estimate of drug-likeness (QED) is 0.787. The zero-order chi connectivity index (χ0) is 11.6. The van der Waals surface area contributed by atoms with Crippen LogP contribution in [-0.2, 0) is 0 Å². The fourth-order valence-corrected chi connectivity index (χ4v) is 1.58. The summed E-state index contributed by atoms with van der Waals surface area (Å²) in [4.78, 5) is 0. The zero-order valence-electron chi connectivity index (χ0n) is 9.22. The molecule has 16 heavy (non-hydrogen) atoms. The molecule has 1 rings (SSSR count). The molecular weight excluding hydrogens is 249 g/mol. The minimum atomic E-state index is -0.700. The second-order valence-corrected chi connectivity index (χ2v) is 4.35. The van der Waals surface area contributed by atoms with Gasteiger partial charge in [0.25, 0.3) is 0 Å². The summed E-state index contributed by atoms with van der Waals surface area (Å²) in [6, 6.07) is 4.32. The number of phenols is 1. The highest BCUT2D eigenvalue weighted by atomic mass is 35.5. The molecule has 92 valence electrons. The number of hydrogen-bond acceptors (Lipinski definition) is 3. The van der Waals surface area contributed by atoms with Crippen molar-refractivity contribution in [2.45, 2.75) is 26.0 Å². The van der Waals surface area contributed by atoms with E-state index in [1.54, 1.807) is 18.2 Å². The lowest BCUT2D eigenvalue weighted by Gasteiger charge is -2.23. The number of para-hydroxylation sites is 1. The maximum atomic E-state index is 9.78. The van der Waals surface area contributed by atoms with Crippen LogP contribution in [-0.4, -0.2) is 16.3 Å². The number of aliphatic hydroxyl groups is 1. The van der Waals surface area contributed by atoms with Gasteiger partial charge in [-0.15, -0.1) is 12.4 Å². The van der Waals surface area contributed by atoms with Gasteiger partial charge in [0.2, 0.25) is 0 Å². The Kier molecular flexibility index (Phi) is 6.11. The summed E-state index contributed by atoms with van der Waals surface area (Å²) < 4.78 is 0. The van der Waals surface area contributed by atoms with Crippen molar-refractivity contribution in [1.29, 1.82) is 0 Å². The van der Waals surface area contributed by atoms with E-state index in [0.717, 1.165) is 0 Å². The first-order valence-electron chi connectivity index (χ1n) is 4.86. The van der Waals surface area contributed by atoms with Crippen molar-refractivity contribution in [2.75, 3.05) is 0 Å². The van der Waals surface area contributed by atoms with Gasteiger partial charge in [0.15, 0.2) is 0 Å². The van der Waals surface area contributed by atoms with Crippen LogP contribution in [0.3, 0.4) is 0 Å². The summed E-state index contributed by atoms with van der Waals surface area (Å²) in [5.41, 5.74) is 6.32. The fraction of sp³-hybridized carbons (Fsp3) is 0.455. The molecule has 0 heterocycles. The van der Waals surface area contributed by atoms with Crippen LogP contribution >= 0.6 is 24.0 Å². The molecule has 0 spiro atoms. The Morgan fingerprint density at radius 2 is 1.88 bits per heavy atom. The third-order valence-electron chi connectivity index (χ3n) is 2.43. The van der Waals surface area contributed by atoms with E-state index in [-0.39, 0.29) is 29.1 Å². The summed E-state index contributed by atoms with van der Waals surface area (Å²) >= 11 is 5.75. The largest absolute Gasteiger partial charge is 0.506 e. The average Bonchev–Trinajstić information content (AvgIpc) is 2.20. The van der Waals surface area contributed by atoms with Gasteiger partial charge in [0.05, 0.1) is 17.2 Å². The van der Waals surface area contributed by atoms with Crippen LogP contribution in [0.25, 0.3) is 0 Å². The van der Waals surface area contributed by atoms with E-state index in [9.17, 15) is 10.2 Å². The molecule has 3 nitrogen and oxygen atoms in total. The Bertz CT molecular complexity index is 345. The van der Waals surface area contributed by atoms with Gasteiger partial charge in [-0.05, 0) is 12.0 Å². The Morgan fingerprint density at radius 3 is 2.38 bits per heavy atom. The van der Waals surface area contributed by atoms with Gasteiger partial charge in [-0.2, -0.15) is 0 Å². The summed E-state index contributed by atoms with van der Waals surface area (Å²) in [6.45, 7) is 3.73. The molecule has 0 fully saturated rings. The number of benzene rings is 1. The van der Waals surface area contributed by atoms with E-state index in [4.69, 9.17) is 17.3 Å². The second-order valence-electron chi connectivity index (χ2n) is 3.94. The van der Waals surface area contributed by atoms with Crippen molar-refractivity contribution in [3.05, 3.63) is 28.8 Å². The van der Waals surface area contributed by atoms with Crippen molar-refractivity contribution in [3.8, 4) is 5.75 Å². The Morgan fingerprint density at radius 1 is 1.31 bits per heavy atom. The van der Waals surface area contributed by atoms with Crippen molar-refractivity contribution in [2.24, 2.45) is 11.7 Å². The van der Waals surface area contributed by atoms with Gasteiger partial charge >= 0.3 is 0 Å². The van der Waals surface area contributed by atoms with E-state index in [0.29, 0.717) is 5.56 Å². The lowest BCUT2D eigenvalue weighted by atomic mass is 9.94. The first-order valence-corrected chi connectivity index (χ1v) is 5.24. The Hall–Kier alpha value is -0.480. The highest BCUT2D eigenvalue weighted by Crippen LogP contribution is 2.32. The smallest absolute Gasteiger partial charge is 0.139 e. The average molecular weight is 266 g/mol. The molecule has 1 aromatic rings. The van der Waals surface area contributed by atoms with Crippen molar-refractivity contribution < 1.29 is 10.2 Å². The molecule has 1 aromatic carbocycles. The van der Waals surface area contributed by atoms with Gasteiger partial charge in [-0.3, -0.25) is 0 Å². The Labute approximate surface area is 107 Å². The third kappa shape index (κ3) is 3.25. The van der Waals surface area contributed by atoms with E-state index in [2.05, 4.69) is 0 Å². The van der Waals surface area contributed by atoms with Crippen LogP contribution in [0.5, 0.6) is 5.75 Å². The maximum absolute atomic E-state index is 9.78. The maximum Gasteiger partial charge on any atom is 0.139 e. The predicted molar refractivity (Wildman–Crippen MR) is 68.1 cm³/mol. The number of aliphatic hydroxyl groups excluding tert-OH is 1. The van der Waals surface area contributed by atoms with E-state index in [1.165, 1.54) is 0 Å². The zero-order valence-corrected chi connectivity index (χ0v) is 10.8. The summed E-state index contributed by atoms with van der Waals surface area (Å²) in [7, 11) is 0. The van der Waals surface area contributed by atoms with Gasteiger partial charge in [-0.25, -0.2) is 0 Å². The van der Waals surface area contributed by atoms with Crippen molar-refractivity contribution in [1.82, 2.24) is 0 Å². The molecule has 0 bridgehead atoms. The van der Waals surface area contributed by atoms with E-state index in [1.807, 2.05) is 13.8 Å². The minimum Gasteiger partial charge on any atom is -0.506 e. The first kappa shape index (κ1) is 15.5. The van der Waals surface area contributed by atoms with Crippen molar-refractivity contribution >= 4 is 24.0 Å². The van der Waals surface area contributed by atoms with Crippen molar-refractivity contribution in [3.63, 3.8) is 0 Å². The molecule has 0 radical (unpaired) electrons. The van der Waals surface area contributed by atoms with Gasteiger partial charge < -0.3 is 15.9 Å². The van der Waals surface area contributed by atoms with Gasteiger partial charge in [0.1, 0.15) is 5.75 Å². The molecule has 4 N–H and O–H groups in total. The van der Waals surface area contributed by atoms with E-state index >= 15 is 0 Å². The first-order chi connectivity index (χ1) is 6.95. The molecule has 0 aliphatic rings. The number of hydrogen-bond donors (Lipinski definition) is 3. The molecule has 0 unspecified atom stereocenters. The van der Waals surface area contributed by atoms with E-state index < -0.39 is 12.1 Å². The second kappa shape index (κ2) is 6.30. The van der Waals surface area contributed by atoms with Crippen LogP contribution in [0.1, 0.15) is 25.5 Å². The van der Waals surface area contributed by atoms with Crippen LogP contribution in [0.15, 0.2) is 18.2 Å². The normalized spacial score (nSPS) is 14.4. The highest BCUT2D eigenvalue weighted by molar-refractivity contribution is 6.32. The standard InChI is InChI=1S/C11H16ClNO2.ClH/c1-6(2)10(14)9(13)7-4-3-5-8(12)11(7)15;/h3-6,9-10,14-15H,13H2,1-2H3;1H/t9-,10+;/m1./s1. The fourth-order valence-electron chi connectivity index (χ4n) is 1.40. The van der Waals surface area contributed by atoms with Crippen LogP contribution in [0.4, 0.5) is 0 Å². The van der Waals surface area contributed by atoms with Crippen LogP contribution < -0.4 is 5.73 Å². The molecule has 0 aliphatic heterocycles. The number of halogens is 2. The molecule has 0 amide bonds. The monoisotopic (exact) mass is 265 g/mol. The molecular formula is C11H17Cl2NO2. The van der Waals surface area contributed by atoms with Crippen LogP contribution in [0.2, 0.25) is 5.02 Å². The van der Waals surface area contributed by atoms with Gasteiger partial charge in [0, 0.05) is 5.56 Å². The molecule has 0 aliphatic carbocycles. The summed E-state index contributed by atoms with van der Waals surface area (Å²) in [5, 5.41) is 19.7. The molecule has 2 atom stereocenters. The van der Waals surface area contributed by atoms with Crippen LogP contribution in [0, 0.1) is 5.92 Å². The topological polar surface area (TPSA) is 66.5 Å². The van der Waals surface area contributed by atoms with Gasteiger partial charge in [-0.1, -0.05) is 37.6 Å². The highest BCUT2D eigenvalue weighted by Gasteiger charge is 2.23. The molecule has 0 saturated heterocycles. The number of phenolic OH excluding ortho intramolecular Hbond substituents is 1. The minimum absolute atomic E-state index is 0.